The van der Waals surface area contributed by atoms with E-state index in [1.807, 2.05) is 20.8 Å². The number of carbonyl (C=O) groups is 2. The predicted octanol–water partition coefficient (Wildman–Crippen LogP) is 7.35. The Balaban J connectivity index is 2.20. The third-order valence-corrected chi connectivity index (χ3v) is 6.27. The van der Waals surface area contributed by atoms with E-state index in [1.165, 1.54) is 6.07 Å². The lowest BCUT2D eigenvalue weighted by molar-refractivity contribution is -0.294. The molecule has 0 spiro atoms. The summed E-state index contributed by atoms with van der Waals surface area (Å²) in [6, 6.07) is 9.58. The summed E-state index contributed by atoms with van der Waals surface area (Å²) >= 11 is 0. The van der Waals surface area contributed by atoms with Gasteiger partial charge in [0.15, 0.2) is 13.2 Å². The fraction of sp³-hybridized carbons (Fsp3) is 0.556. The summed E-state index contributed by atoms with van der Waals surface area (Å²) in [7, 11) is 0. The van der Waals surface area contributed by atoms with Gasteiger partial charge in [0.1, 0.15) is 11.5 Å². The van der Waals surface area contributed by atoms with E-state index in [4.69, 9.17) is 9.47 Å². The fourth-order valence-corrected chi connectivity index (χ4v) is 3.52. The van der Waals surface area contributed by atoms with E-state index in [2.05, 4.69) is 25.5 Å². The quantitative estimate of drug-likeness (QED) is 0.182. The molecule has 206 valence electrons. The van der Waals surface area contributed by atoms with E-state index >= 15 is 0 Å². The lowest BCUT2D eigenvalue weighted by Crippen LogP contribution is -2.41. The Morgan fingerprint density at radius 1 is 0.865 bits per heavy atom. The molecule has 2 aromatic rings. The van der Waals surface area contributed by atoms with Gasteiger partial charge in [-0.3, -0.25) is 4.79 Å². The van der Waals surface area contributed by atoms with Crippen LogP contribution in [0.3, 0.4) is 0 Å². The molecule has 0 fully saturated rings. The molecule has 2 aromatic carbocycles. The lowest BCUT2D eigenvalue weighted by Gasteiger charge is -2.35. The average molecular weight is 533 g/mol. The molecule has 0 bridgehead atoms. The van der Waals surface area contributed by atoms with E-state index in [-0.39, 0.29) is 34.2 Å². The highest BCUT2D eigenvalue weighted by molar-refractivity contribution is 5.95. The first kappa shape index (κ1) is 30.3. The molecule has 5 nitrogen and oxygen atoms in total. The molecule has 0 aromatic heterocycles. The van der Waals surface area contributed by atoms with Crippen molar-refractivity contribution < 1.29 is 45.8 Å². The van der Waals surface area contributed by atoms with Crippen molar-refractivity contribution in [1.29, 1.82) is 0 Å². The number of hydrogen-bond donors (Lipinski definition) is 0. The smallest absolute Gasteiger partial charge is 0.456 e. The van der Waals surface area contributed by atoms with Crippen LogP contribution in [0.5, 0.6) is 11.5 Å². The standard InChI is InChI=1S/C27H33F5O5/c1-7-25(5,6)14-19(24(2,3)4)23(34)37-21-13-9-10-17-18(21)11-8-12-20(17)35-15-22(33)36-16-26(28,29)27(30,31)32/h8-13,19H,7,14-16H2,1-6H3. The summed E-state index contributed by atoms with van der Waals surface area (Å²) < 4.78 is 77.9. The van der Waals surface area contributed by atoms with Gasteiger partial charge in [0.05, 0.1) is 5.92 Å². The van der Waals surface area contributed by atoms with Gasteiger partial charge < -0.3 is 14.2 Å². The molecule has 0 aliphatic heterocycles. The molecule has 1 atom stereocenters. The normalized spacial score (nSPS) is 13.8. The summed E-state index contributed by atoms with van der Waals surface area (Å²) in [4.78, 5) is 25.0. The van der Waals surface area contributed by atoms with Gasteiger partial charge in [-0.05, 0) is 29.4 Å². The molecule has 0 radical (unpaired) electrons. The van der Waals surface area contributed by atoms with Crippen LogP contribution in [-0.2, 0) is 14.3 Å². The van der Waals surface area contributed by atoms with Gasteiger partial charge in [-0.15, -0.1) is 0 Å². The van der Waals surface area contributed by atoms with E-state index in [0.29, 0.717) is 17.2 Å². The van der Waals surface area contributed by atoms with Gasteiger partial charge >= 0.3 is 24.0 Å². The first-order valence-corrected chi connectivity index (χ1v) is 11.8. The summed E-state index contributed by atoms with van der Waals surface area (Å²) in [5, 5.41) is 0.940. The second-order valence-electron chi connectivity index (χ2n) is 10.8. The van der Waals surface area contributed by atoms with Crippen molar-refractivity contribution in [3.8, 4) is 11.5 Å². The molecule has 0 N–H and O–H groups in total. The van der Waals surface area contributed by atoms with Crippen molar-refractivity contribution in [1.82, 2.24) is 0 Å². The molecule has 2 rings (SSSR count). The van der Waals surface area contributed by atoms with E-state index < -0.39 is 31.3 Å². The Kier molecular flexibility index (Phi) is 9.20. The number of esters is 2. The highest BCUT2D eigenvalue weighted by atomic mass is 19.4. The monoisotopic (exact) mass is 532 g/mol. The van der Waals surface area contributed by atoms with E-state index in [1.54, 1.807) is 30.3 Å². The minimum Gasteiger partial charge on any atom is -0.481 e. The first-order valence-electron chi connectivity index (χ1n) is 11.8. The molecule has 1 unspecified atom stereocenters. The van der Waals surface area contributed by atoms with Crippen molar-refractivity contribution in [3.63, 3.8) is 0 Å². The SMILES string of the molecule is CCC(C)(C)CC(C(=O)Oc1cccc2c(OCC(=O)OCC(F)(F)C(F)(F)F)cccc12)C(C)(C)C. The Labute approximate surface area is 213 Å². The average Bonchev–Trinajstić information content (AvgIpc) is 2.78. The zero-order valence-electron chi connectivity index (χ0n) is 21.8. The zero-order chi connectivity index (χ0) is 28.2. The summed E-state index contributed by atoms with van der Waals surface area (Å²) in [6.07, 6.45) is -4.32. The summed E-state index contributed by atoms with van der Waals surface area (Å²) in [5.74, 6) is -6.94. The number of alkyl halides is 5. The van der Waals surface area contributed by atoms with Crippen LogP contribution in [-0.4, -0.2) is 37.3 Å². The third-order valence-electron chi connectivity index (χ3n) is 6.27. The number of fused-ring (bicyclic) bond motifs is 1. The molecule has 0 heterocycles. The highest BCUT2D eigenvalue weighted by Crippen LogP contribution is 2.40. The number of halogens is 5. The van der Waals surface area contributed by atoms with Gasteiger partial charge in [0, 0.05) is 10.8 Å². The number of carbonyl (C=O) groups excluding carboxylic acids is 2. The molecule has 10 heteroatoms. The summed E-state index contributed by atoms with van der Waals surface area (Å²) in [5.41, 5.74) is -0.429. The predicted molar refractivity (Wildman–Crippen MR) is 129 cm³/mol. The Hall–Kier alpha value is -2.91. The number of rotatable bonds is 10. The molecule has 0 saturated heterocycles. The molecule has 0 amide bonds. The maximum Gasteiger partial charge on any atom is 0.456 e. The number of benzene rings is 2. The Bertz CT molecular complexity index is 1100. The van der Waals surface area contributed by atoms with E-state index in [0.717, 1.165) is 6.42 Å². The third kappa shape index (κ3) is 8.04. The molecule has 0 aliphatic rings. The van der Waals surface area contributed by atoms with Crippen LogP contribution in [0.15, 0.2) is 36.4 Å². The second kappa shape index (κ2) is 11.2. The van der Waals surface area contributed by atoms with Crippen LogP contribution < -0.4 is 9.47 Å². The van der Waals surface area contributed by atoms with Crippen LogP contribution in [0.4, 0.5) is 22.0 Å². The minimum atomic E-state index is -5.84. The van der Waals surface area contributed by atoms with Crippen LogP contribution >= 0.6 is 0 Å². The molecule has 0 saturated carbocycles. The molecular weight excluding hydrogens is 499 g/mol. The van der Waals surface area contributed by atoms with Gasteiger partial charge in [0.25, 0.3) is 0 Å². The Morgan fingerprint density at radius 3 is 1.92 bits per heavy atom. The summed E-state index contributed by atoms with van der Waals surface area (Å²) in [6.45, 7) is 9.14. The van der Waals surface area contributed by atoms with Gasteiger partial charge in [-0.2, -0.15) is 22.0 Å². The van der Waals surface area contributed by atoms with Crippen LogP contribution in [0, 0.1) is 16.7 Å². The maximum atomic E-state index is 13.3. The molecule has 37 heavy (non-hydrogen) atoms. The number of ether oxygens (including phenoxy) is 3. The van der Waals surface area contributed by atoms with Crippen molar-refractivity contribution >= 4 is 22.7 Å². The molecular formula is C27H33F5O5. The maximum absolute atomic E-state index is 13.3. The largest absolute Gasteiger partial charge is 0.481 e. The van der Waals surface area contributed by atoms with Crippen LogP contribution in [0.25, 0.3) is 10.8 Å². The van der Waals surface area contributed by atoms with Gasteiger partial charge in [-0.1, -0.05) is 72.2 Å². The first-order chi connectivity index (χ1) is 16.9. The van der Waals surface area contributed by atoms with E-state index in [9.17, 15) is 31.5 Å². The van der Waals surface area contributed by atoms with Crippen molar-refractivity contribution in [2.45, 2.75) is 66.5 Å². The highest BCUT2D eigenvalue weighted by Gasteiger charge is 2.58. The van der Waals surface area contributed by atoms with Gasteiger partial charge in [0.2, 0.25) is 0 Å². The van der Waals surface area contributed by atoms with Crippen LogP contribution in [0.1, 0.15) is 54.4 Å². The van der Waals surface area contributed by atoms with Crippen LogP contribution in [0.2, 0.25) is 0 Å². The molecule has 0 aliphatic carbocycles. The second-order valence-corrected chi connectivity index (χ2v) is 10.8. The number of hydrogen-bond acceptors (Lipinski definition) is 5. The van der Waals surface area contributed by atoms with Crippen molar-refractivity contribution in [3.05, 3.63) is 36.4 Å². The van der Waals surface area contributed by atoms with Crippen molar-refractivity contribution in [2.75, 3.05) is 13.2 Å². The zero-order valence-corrected chi connectivity index (χ0v) is 21.8. The van der Waals surface area contributed by atoms with Gasteiger partial charge in [-0.25, -0.2) is 4.79 Å². The minimum absolute atomic E-state index is 0.0740. The lowest BCUT2D eigenvalue weighted by atomic mass is 9.70. The van der Waals surface area contributed by atoms with Crippen molar-refractivity contribution in [2.24, 2.45) is 16.7 Å². The Morgan fingerprint density at radius 2 is 1.41 bits per heavy atom. The topological polar surface area (TPSA) is 61.8 Å². The fourth-order valence-electron chi connectivity index (χ4n) is 3.52.